The average Bonchev–Trinajstić information content (AvgIpc) is 2.84. The van der Waals surface area contributed by atoms with E-state index in [-0.39, 0.29) is 11.7 Å². The van der Waals surface area contributed by atoms with E-state index in [0.717, 1.165) is 0 Å². The van der Waals surface area contributed by atoms with Gasteiger partial charge in [-0.1, -0.05) is 0 Å². The van der Waals surface area contributed by atoms with Crippen molar-refractivity contribution in [1.29, 1.82) is 0 Å². The molecular weight excluding hydrogens is 340 g/mol. The summed E-state index contributed by atoms with van der Waals surface area (Å²) in [5, 5.41) is 17.5. The number of aromatic hydroxyl groups is 1. The van der Waals surface area contributed by atoms with E-state index in [1.165, 1.54) is 30.3 Å². The predicted octanol–water partition coefficient (Wildman–Crippen LogP) is 1.66. The molecule has 0 aliphatic heterocycles. The maximum Gasteiger partial charge on any atom is 0.289 e. The number of amides is 1. The number of ether oxygens (including phenoxy) is 1. The minimum absolute atomic E-state index is 0.0220. The lowest BCUT2D eigenvalue weighted by molar-refractivity contribution is 0.0945. The first-order valence-electron chi connectivity index (χ1n) is 5.91. The molecule has 1 amide bonds. The fraction of sp³-hybridized carbons (Fsp3) is 0.154. The molecule has 2 N–H and O–H groups in total. The van der Waals surface area contributed by atoms with Crippen LogP contribution in [0, 0.1) is 0 Å². The molecule has 110 valence electrons. The maximum atomic E-state index is 11.8. The molecule has 0 aliphatic rings. The molecule has 7 nitrogen and oxygen atoms in total. The Morgan fingerprint density at radius 1 is 1.57 bits per heavy atom. The second-order valence-electron chi connectivity index (χ2n) is 4.09. The summed E-state index contributed by atoms with van der Waals surface area (Å²) in [5.41, 5.74) is 3.38. The number of aromatic nitrogens is 2. The molecule has 0 saturated carbocycles. The number of phenolic OH excluding ortho intramolecular Hbond substituents is 1. The van der Waals surface area contributed by atoms with E-state index in [2.05, 4.69) is 31.6 Å². The number of carbonyl (C=O) groups is 1. The zero-order valence-electron chi connectivity index (χ0n) is 11.4. The zero-order valence-corrected chi connectivity index (χ0v) is 13.0. The van der Waals surface area contributed by atoms with Gasteiger partial charge < -0.3 is 9.84 Å². The lowest BCUT2D eigenvalue weighted by atomic mass is 10.2. The predicted molar refractivity (Wildman–Crippen MR) is 80.6 cm³/mol. The van der Waals surface area contributed by atoms with Crippen LogP contribution in [0.25, 0.3) is 0 Å². The van der Waals surface area contributed by atoms with Gasteiger partial charge in [0, 0.05) is 13.2 Å². The SMILES string of the molecule is COc1c(O)cc(/C=N\NC(=O)c2ccnn2C)cc1Br. The van der Waals surface area contributed by atoms with E-state index in [9.17, 15) is 9.90 Å². The highest BCUT2D eigenvalue weighted by Gasteiger charge is 2.09. The lowest BCUT2D eigenvalue weighted by Crippen LogP contribution is -2.20. The number of halogens is 1. The molecule has 0 saturated heterocycles. The lowest BCUT2D eigenvalue weighted by Gasteiger charge is -2.06. The molecule has 8 heteroatoms. The summed E-state index contributed by atoms with van der Waals surface area (Å²) < 4.78 is 7.05. The summed E-state index contributed by atoms with van der Waals surface area (Å²) in [7, 11) is 3.12. The molecule has 0 aliphatic carbocycles. The summed E-state index contributed by atoms with van der Waals surface area (Å²) in [6, 6.07) is 4.77. The van der Waals surface area contributed by atoms with Gasteiger partial charge in [0.25, 0.3) is 5.91 Å². The Bertz CT molecular complexity index is 673. The van der Waals surface area contributed by atoms with Crippen molar-refractivity contribution in [1.82, 2.24) is 15.2 Å². The molecule has 0 spiro atoms. The van der Waals surface area contributed by atoms with Crippen LogP contribution in [-0.2, 0) is 7.05 Å². The number of methoxy groups -OCH3 is 1. The molecule has 0 bridgehead atoms. The van der Waals surface area contributed by atoms with E-state index < -0.39 is 0 Å². The molecule has 2 aromatic rings. The van der Waals surface area contributed by atoms with Gasteiger partial charge in [0.1, 0.15) is 5.69 Å². The Kier molecular flexibility index (Phi) is 4.59. The maximum absolute atomic E-state index is 11.8. The van der Waals surface area contributed by atoms with Crippen LogP contribution in [0.3, 0.4) is 0 Å². The Labute approximate surface area is 129 Å². The van der Waals surface area contributed by atoms with E-state index in [1.807, 2.05) is 0 Å². The number of aryl methyl sites for hydroxylation is 1. The van der Waals surface area contributed by atoms with Crippen LogP contribution in [0.4, 0.5) is 0 Å². The minimum Gasteiger partial charge on any atom is -0.504 e. The Hall–Kier alpha value is -2.35. The highest BCUT2D eigenvalue weighted by atomic mass is 79.9. The van der Waals surface area contributed by atoms with Crippen LogP contribution >= 0.6 is 15.9 Å². The monoisotopic (exact) mass is 352 g/mol. The van der Waals surface area contributed by atoms with Crippen molar-refractivity contribution in [2.24, 2.45) is 12.1 Å². The first kappa shape index (κ1) is 15.0. The van der Waals surface area contributed by atoms with Crippen LogP contribution in [-0.4, -0.2) is 34.1 Å². The molecule has 0 radical (unpaired) electrons. The van der Waals surface area contributed by atoms with Crippen molar-refractivity contribution < 1.29 is 14.6 Å². The van der Waals surface area contributed by atoms with Crippen molar-refractivity contribution >= 4 is 28.1 Å². The van der Waals surface area contributed by atoms with Crippen LogP contribution in [0.15, 0.2) is 34.0 Å². The van der Waals surface area contributed by atoms with Crippen LogP contribution in [0.1, 0.15) is 16.1 Å². The summed E-state index contributed by atoms with van der Waals surface area (Å²) in [4.78, 5) is 11.8. The van der Waals surface area contributed by atoms with Gasteiger partial charge in [-0.3, -0.25) is 9.48 Å². The van der Waals surface area contributed by atoms with Gasteiger partial charge in [0.05, 0.1) is 17.8 Å². The van der Waals surface area contributed by atoms with E-state index in [4.69, 9.17) is 4.74 Å². The summed E-state index contributed by atoms with van der Waals surface area (Å²) in [6.45, 7) is 0. The number of hydrogen-bond acceptors (Lipinski definition) is 5. The van der Waals surface area contributed by atoms with E-state index >= 15 is 0 Å². The topological polar surface area (TPSA) is 88.7 Å². The second-order valence-corrected chi connectivity index (χ2v) is 4.95. The van der Waals surface area contributed by atoms with E-state index in [1.54, 1.807) is 19.2 Å². The molecule has 1 aromatic carbocycles. The molecule has 1 heterocycles. The first-order valence-corrected chi connectivity index (χ1v) is 6.70. The molecule has 0 atom stereocenters. The van der Waals surface area contributed by atoms with Gasteiger partial charge in [0.2, 0.25) is 0 Å². The fourth-order valence-electron chi connectivity index (χ4n) is 1.70. The van der Waals surface area contributed by atoms with Gasteiger partial charge in [-0.05, 0) is 39.7 Å². The van der Waals surface area contributed by atoms with Gasteiger partial charge in [-0.15, -0.1) is 0 Å². The number of nitrogens with one attached hydrogen (secondary N) is 1. The third-order valence-corrected chi connectivity index (χ3v) is 3.27. The summed E-state index contributed by atoms with van der Waals surface area (Å²) in [6.07, 6.45) is 2.94. The molecular formula is C13H13BrN4O3. The standard InChI is InChI=1S/C13H13BrN4O3/c1-18-10(3-4-16-18)13(20)17-15-7-8-5-9(14)12(21-2)11(19)6-8/h3-7,19H,1-2H3,(H,17,20)/b15-7-. The second kappa shape index (κ2) is 6.40. The number of nitrogens with zero attached hydrogens (tertiary/aromatic N) is 3. The summed E-state index contributed by atoms with van der Waals surface area (Å²) in [5.74, 6) is -0.0552. The van der Waals surface area contributed by atoms with Crippen molar-refractivity contribution in [3.63, 3.8) is 0 Å². The van der Waals surface area contributed by atoms with Gasteiger partial charge in [-0.25, -0.2) is 5.43 Å². The third kappa shape index (κ3) is 3.40. The smallest absolute Gasteiger partial charge is 0.289 e. The van der Waals surface area contributed by atoms with Gasteiger partial charge >= 0.3 is 0 Å². The van der Waals surface area contributed by atoms with Crippen molar-refractivity contribution in [2.45, 2.75) is 0 Å². The molecule has 1 aromatic heterocycles. The Morgan fingerprint density at radius 2 is 2.33 bits per heavy atom. The zero-order chi connectivity index (χ0) is 15.4. The Morgan fingerprint density at radius 3 is 2.90 bits per heavy atom. The Balaban J connectivity index is 2.09. The number of phenols is 1. The first-order chi connectivity index (χ1) is 10.0. The highest BCUT2D eigenvalue weighted by Crippen LogP contribution is 2.34. The quantitative estimate of drug-likeness (QED) is 0.646. The highest BCUT2D eigenvalue weighted by molar-refractivity contribution is 9.10. The number of hydrazone groups is 1. The normalized spacial score (nSPS) is 10.8. The number of carbonyl (C=O) groups excluding carboxylic acids is 1. The van der Waals surface area contributed by atoms with Crippen LogP contribution < -0.4 is 10.2 Å². The van der Waals surface area contributed by atoms with Crippen molar-refractivity contribution in [2.75, 3.05) is 7.11 Å². The fourth-order valence-corrected chi connectivity index (χ4v) is 2.32. The largest absolute Gasteiger partial charge is 0.504 e. The third-order valence-electron chi connectivity index (χ3n) is 2.68. The molecule has 21 heavy (non-hydrogen) atoms. The molecule has 0 fully saturated rings. The number of hydrogen-bond donors (Lipinski definition) is 2. The number of benzene rings is 1. The van der Waals surface area contributed by atoms with Gasteiger partial charge in [0.15, 0.2) is 11.5 Å². The summed E-state index contributed by atoms with van der Waals surface area (Å²) >= 11 is 3.27. The average molecular weight is 353 g/mol. The van der Waals surface area contributed by atoms with E-state index in [0.29, 0.717) is 21.5 Å². The minimum atomic E-state index is -0.372. The van der Waals surface area contributed by atoms with Crippen molar-refractivity contribution in [3.05, 3.63) is 40.1 Å². The van der Waals surface area contributed by atoms with Crippen LogP contribution in [0.5, 0.6) is 11.5 Å². The van der Waals surface area contributed by atoms with Crippen molar-refractivity contribution in [3.8, 4) is 11.5 Å². The molecule has 0 unspecified atom stereocenters. The number of rotatable bonds is 4. The van der Waals surface area contributed by atoms with Gasteiger partial charge in [-0.2, -0.15) is 10.2 Å². The molecule has 2 rings (SSSR count). The van der Waals surface area contributed by atoms with Crippen LogP contribution in [0.2, 0.25) is 0 Å².